The molecule has 5 aliphatic rings. The summed E-state index contributed by atoms with van der Waals surface area (Å²) in [4.78, 5) is 13.1. The molecule has 1 heterocycles. The predicted octanol–water partition coefficient (Wildman–Crippen LogP) is 2.98. The van der Waals surface area contributed by atoms with Gasteiger partial charge in [0.25, 0.3) is 5.91 Å². The number of aliphatic hydroxyl groups is 1. The van der Waals surface area contributed by atoms with Crippen molar-refractivity contribution in [3.05, 3.63) is 24.3 Å². The molecule has 4 aliphatic carbocycles. The van der Waals surface area contributed by atoms with E-state index in [0.29, 0.717) is 17.8 Å². The monoisotopic (exact) mass is 356 g/mol. The molecule has 5 fully saturated rings. The van der Waals surface area contributed by atoms with E-state index in [-0.39, 0.29) is 11.9 Å². The number of hydrogen-bond donors (Lipinski definition) is 1. The molecule has 1 N–H and O–H groups in total. The Hall–Kier alpha value is -1.75. The highest BCUT2D eigenvalue weighted by molar-refractivity contribution is 5.98. The van der Waals surface area contributed by atoms with Gasteiger partial charge in [-0.15, -0.1) is 0 Å². The lowest BCUT2D eigenvalue weighted by Crippen LogP contribution is -2.80. The molecule has 2 unspecified atom stereocenters. The van der Waals surface area contributed by atoms with Gasteiger partial charge in [-0.2, -0.15) is 0 Å². The molecule has 26 heavy (non-hydrogen) atoms. The third-order valence-corrected chi connectivity index (χ3v) is 7.25. The summed E-state index contributed by atoms with van der Waals surface area (Å²) in [5.74, 6) is 2.48. The number of nitrogens with zero attached hydrogens (tertiary/aromatic N) is 2. The van der Waals surface area contributed by atoms with Gasteiger partial charge in [-0.1, -0.05) is 6.07 Å². The van der Waals surface area contributed by atoms with Crippen molar-refractivity contribution in [1.29, 1.82) is 0 Å². The van der Waals surface area contributed by atoms with Crippen molar-refractivity contribution < 1.29 is 14.6 Å². The Kier molecular flexibility index (Phi) is 3.26. The average Bonchev–Trinajstić information content (AvgIpc) is 2.58. The van der Waals surface area contributed by atoms with Gasteiger partial charge in [0.1, 0.15) is 11.3 Å². The van der Waals surface area contributed by atoms with Gasteiger partial charge >= 0.3 is 0 Å². The zero-order valence-electron chi connectivity index (χ0n) is 15.8. The van der Waals surface area contributed by atoms with Crippen molar-refractivity contribution in [3.63, 3.8) is 0 Å². The van der Waals surface area contributed by atoms with Gasteiger partial charge in [0.2, 0.25) is 0 Å². The van der Waals surface area contributed by atoms with Crippen LogP contribution in [0.3, 0.4) is 0 Å². The lowest BCUT2D eigenvalue weighted by molar-refractivity contribution is -0.190. The fourth-order valence-corrected chi connectivity index (χ4v) is 6.50. The van der Waals surface area contributed by atoms with E-state index in [9.17, 15) is 9.90 Å². The van der Waals surface area contributed by atoms with E-state index in [2.05, 4.69) is 5.01 Å². The van der Waals surface area contributed by atoms with Crippen molar-refractivity contribution in [2.24, 2.45) is 17.8 Å². The highest BCUT2D eigenvalue weighted by Gasteiger charge is 2.63. The van der Waals surface area contributed by atoms with Crippen LogP contribution >= 0.6 is 0 Å². The van der Waals surface area contributed by atoms with E-state index in [0.717, 1.165) is 43.5 Å². The second-order valence-corrected chi connectivity index (χ2v) is 9.41. The maximum Gasteiger partial charge on any atom is 0.268 e. The fourth-order valence-electron chi connectivity index (χ4n) is 6.50. The molecule has 1 amide bonds. The first-order valence-corrected chi connectivity index (χ1v) is 9.83. The highest BCUT2D eigenvalue weighted by Crippen LogP contribution is 2.58. The van der Waals surface area contributed by atoms with Crippen LogP contribution in [-0.4, -0.2) is 40.3 Å². The smallest absolute Gasteiger partial charge is 0.268 e. The van der Waals surface area contributed by atoms with Crippen molar-refractivity contribution in [2.45, 2.75) is 63.1 Å². The Bertz CT molecular complexity index is 745. The number of amides is 1. The Morgan fingerprint density at radius 1 is 1.15 bits per heavy atom. The van der Waals surface area contributed by atoms with Gasteiger partial charge in [-0.05, 0) is 75.8 Å². The first kappa shape index (κ1) is 16.4. The van der Waals surface area contributed by atoms with Crippen LogP contribution in [0.25, 0.3) is 0 Å². The summed E-state index contributed by atoms with van der Waals surface area (Å²) >= 11 is 0. The van der Waals surface area contributed by atoms with Crippen LogP contribution in [0.15, 0.2) is 24.3 Å². The second-order valence-electron chi connectivity index (χ2n) is 9.41. The quantitative estimate of drug-likeness (QED) is 0.905. The van der Waals surface area contributed by atoms with Gasteiger partial charge in [0.15, 0.2) is 0 Å². The Labute approximate surface area is 154 Å². The summed E-state index contributed by atoms with van der Waals surface area (Å²) in [5.41, 5.74) is -0.0173. The summed E-state index contributed by atoms with van der Waals surface area (Å²) in [6.07, 6.45) is 4.96. The largest absolute Gasteiger partial charge is 0.497 e. The summed E-state index contributed by atoms with van der Waals surface area (Å²) in [6.45, 7) is 3.99. The normalized spacial score (nSPS) is 39.9. The molecule has 0 aromatic heterocycles. The maximum absolute atomic E-state index is 13.1. The molecular weight excluding hydrogens is 328 g/mol. The van der Waals surface area contributed by atoms with Gasteiger partial charge in [0.05, 0.1) is 24.4 Å². The number of hydrogen-bond acceptors (Lipinski definition) is 4. The number of ether oxygens (including phenoxy) is 1. The summed E-state index contributed by atoms with van der Waals surface area (Å²) in [5, 5.41) is 15.1. The van der Waals surface area contributed by atoms with E-state index in [1.165, 1.54) is 0 Å². The fraction of sp³-hybridized carbons (Fsp3) is 0.667. The standard InChI is InChI=1S/C21H28N2O3/c1-20(2)19(24)22(23(20)16-5-4-6-17(9-16)26-3)18-14-7-13-8-15(18)12-21(25,10-13)11-14/h4-6,9,13-15,18,25H,7-8,10-12H2,1-3H3/t13?,14?,15?,18-,21+. The predicted molar refractivity (Wildman–Crippen MR) is 98.7 cm³/mol. The second kappa shape index (κ2) is 5.16. The number of rotatable bonds is 3. The molecule has 1 aromatic rings. The molecule has 5 heteroatoms. The highest BCUT2D eigenvalue weighted by atomic mass is 16.5. The van der Waals surface area contributed by atoms with Gasteiger partial charge in [-0.3, -0.25) is 9.80 Å². The molecule has 5 nitrogen and oxygen atoms in total. The first-order chi connectivity index (χ1) is 12.3. The number of hydrazine groups is 1. The zero-order valence-corrected chi connectivity index (χ0v) is 15.8. The van der Waals surface area contributed by atoms with Crippen molar-refractivity contribution in [2.75, 3.05) is 12.1 Å². The number of anilines is 1. The van der Waals surface area contributed by atoms with Crippen molar-refractivity contribution in [3.8, 4) is 5.75 Å². The minimum atomic E-state index is -0.544. The van der Waals surface area contributed by atoms with Crippen molar-refractivity contribution in [1.82, 2.24) is 5.01 Å². The molecule has 6 rings (SSSR count). The van der Waals surface area contributed by atoms with E-state index in [4.69, 9.17) is 4.74 Å². The third-order valence-electron chi connectivity index (χ3n) is 7.25. The van der Waals surface area contributed by atoms with Crippen LogP contribution in [-0.2, 0) is 4.79 Å². The van der Waals surface area contributed by atoms with E-state index in [1.807, 2.05) is 43.1 Å². The number of benzene rings is 1. The molecule has 4 saturated carbocycles. The molecule has 140 valence electrons. The number of methoxy groups -OCH3 is 1. The zero-order chi connectivity index (χ0) is 18.3. The van der Waals surface area contributed by atoms with Crippen LogP contribution < -0.4 is 9.75 Å². The molecule has 1 aliphatic heterocycles. The lowest BCUT2D eigenvalue weighted by Gasteiger charge is -2.67. The first-order valence-electron chi connectivity index (χ1n) is 9.83. The summed E-state index contributed by atoms with van der Waals surface area (Å²) < 4.78 is 5.39. The van der Waals surface area contributed by atoms with Crippen LogP contribution in [0.1, 0.15) is 46.0 Å². The summed E-state index contributed by atoms with van der Waals surface area (Å²) in [6, 6.07) is 8.18. The molecule has 0 spiro atoms. The average molecular weight is 356 g/mol. The topological polar surface area (TPSA) is 53.0 Å². The molecule has 1 aromatic carbocycles. The molecule has 1 saturated heterocycles. The van der Waals surface area contributed by atoms with Crippen LogP contribution in [0, 0.1) is 17.8 Å². The van der Waals surface area contributed by atoms with Gasteiger partial charge < -0.3 is 9.84 Å². The van der Waals surface area contributed by atoms with Gasteiger partial charge in [0, 0.05) is 6.07 Å². The van der Waals surface area contributed by atoms with E-state index >= 15 is 0 Å². The van der Waals surface area contributed by atoms with Crippen molar-refractivity contribution >= 4 is 11.6 Å². The molecular formula is C21H28N2O3. The van der Waals surface area contributed by atoms with E-state index in [1.54, 1.807) is 7.11 Å². The Balaban J connectivity index is 1.51. The Morgan fingerprint density at radius 3 is 2.46 bits per heavy atom. The lowest BCUT2D eigenvalue weighted by atomic mass is 9.52. The van der Waals surface area contributed by atoms with Gasteiger partial charge in [-0.25, -0.2) is 5.01 Å². The Morgan fingerprint density at radius 2 is 1.85 bits per heavy atom. The third kappa shape index (κ3) is 2.10. The minimum Gasteiger partial charge on any atom is -0.497 e. The van der Waals surface area contributed by atoms with Crippen LogP contribution in [0.5, 0.6) is 5.75 Å². The number of carbonyl (C=O) groups excluding carboxylic acids is 1. The number of carbonyl (C=O) groups is 1. The SMILES string of the molecule is COc1cccc(N2N([C@H]3C4CC5CC3C[C@@](O)(C5)C4)C(=O)C2(C)C)c1. The molecule has 0 radical (unpaired) electrons. The molecule has 4 bridgehead atoms. The van der Waals surface area contributed by atoms with E-state index < -0.39 is 11.1 Å². The minimum absolute atomic E-state index is 0.199. The van der Waals surface area contributed by atoms with Crippen LogP contribution in [0.4, 0.5) is 5.69 Å². The maximum atomic E-state index is 13.1. The molecule has 2 atom stereocenters. The summed E-state index contributed by atoms with van der Waals surface area (Å²) in [7, 11) is 1.67. The van der Waals surface area contributed by atoms with Crippen LogP contribution in [0.2, 0.25) is 0 Å².